The van der Waals surface area contributed by atoms with Gasteiger partial charge in [-0.15, -0.1) is 0 Å². The third-order valence-corrected chi connectivity index (χ3v) is 2.27. The first kappa shape index (κ1) is 12.2. The Labute approximate surface area is 102 Å². The Hall–Kier alpha value is -2.30. The molecule has 0 fully saturated rings. The molecular weight excluding hydrogens is 238 g/mol. The van der Waals surface area contributed by atoms with Gasteiger partial charge in [-0.05, 0) is 24.3 Å². The Kier molecular flexibility index (Phi) is 3.62. The predicted octanol–water partition coefficient (Wildman–Crippen LogP) is 2.54. The first-order valence-electron chi connectivity index (χ1n) is 5.30. The molecule has 1 amide bonds. The molecule has 0 aliphatic carbocycles. The minimum atomic E-state index is -0.675. The van der Waals surface area contributed by atoms with Crippen molar-refractivity contribution in [3.63, 3.8) is 0 Å². The zero-order valence-corrected chi connectivity index (χ0v) is 9.36. The normalized spacial score (nSPS) is 10.1. The molecule has 0 unspecified atom stereocenters. The van der Waals surface area contributed by atoms with E-state index in [1.807, 2.05) is 0 Å². The average Bonchev–Trinajstić information content (AvgIpc) is 2.35. The molecule has 0 aliphatic heterocycles. The number of pyridine rings is 1. The highest BCUT2D eigenvalue weighted by Gasteiger charge is 2.09. The van der Waals surface area contributed by atoms with Crippen LogP contribution in [-0.2, 0) is 11.2 Å². The maximum absolute atomic E-state index is 13.3. The van der Waals surface area contributed by atoms with Crippen LogP contribution in [0.3, 0.4) is 0 Å². The molecule has 0 radical (unpaired) electrons. The van der Waals surface area contributed by atoms with E-state index in [2.05, 4.69) is 10.3 Å². The average molecular weight is 248 g/mol. The summed E-state index contributed by atoms with van der Waals surface area (Å²) in [6.07, 6.45) is 1.57. The second-order valence-electron chi connectivity index (χ2n) is 3.67. The van der Waals surface area contributed by atoms with Crippen LogP contribution in [0.25, 0.3) is 0 Å². The van der Waals surface area contributed by atoms with Gasteiger partial charge in [-0.25, -0.2) is 8.78 Å². The largest absolute Gasteiger partial charge is 0.323 e. The monoisotopic (exact) mass is 248 g/mol. The molecule has 2 aromatic rings. The number of benzene rings is 1. The topological polar surface area (TPSA) is 42.0 Å². The minimum Gasteiger partial charge on any atom is -0.323 e. The number of aromatic nitrogens is 1. The fourth-order valence-electron chi connectivity index (χ4n) is 1.45. The molecule has 0 aliphatic rings. The highest BCUT2D eigenvalue weighted by Crippen LogP contribution is 2.15. The molecule has 0 spiro atoms. The van der Waals surface area contributed by atoms with Gasteiger partial charge >= 0.3 is 0 Å². The Morgan fingerprint density at radius 1 is 1.22 bits per heavy atom. The van der Waals surface area contributed by atoms with E-state index in [0.717, 1.165) is 18.2 Å². The summed E-state index contributed by atoms with van der Waals surface area (Å²) in [5.74, 6) is -1.73. The van der Waals surface area contributed by atoms with Gasteiger partial charge in [0.15, 0.2) is 0 Å². The molecular formula is C13H10F2N2O. The van der Waals surface area contributed by atoms with E-state index in [4.69, 9.17) is 0 Å². The summed E-state index contributed by atoms with van der Waals surface area (Å²) in [5, 5.41) is 2.31. The van der Waals surface area contributed by atoms with Crippen LogP contribution >= 0.6 is 0 Å². The number of carbonyl (C=O) groups is 1. The van der Waals surface area contributed by atoms with Crippen LogP contribution in [0.4, 0.5) is 14.5 Å². The van der Waals surface area contributed by atoms with Crippen molar-refractivity contribution >= 4 is 11.6 Å². The highest BCUT2D eigenvalue weighted by atomic mass is 19.1. The zero-order chi connectivity index (χ0) is 13.0. The molecule has 5 heteroatoms. The van der Waals surface area contributed by atoms with Crippen LogP contribution in [0.1, 0.15) is 5.69 Å². The number of nitrogens with one attached hydrogen (secondary N) is 1. The SMILES string of the molecule is O=C(Cc1ccccn1)Nc1cc(F)ccc1F. The number of halogens is 2. The lowest BCUT2D eigenvalue weighted by Gasteiger charge is -2.06. The van der Waals surface area contributed by atoms with Gasteiger partial charge in [-0.2, -0.15) is 0 Å². The number of amides is 1. The second kappa shape index (κ2) is 5.35. The molecule has 1 N–H and O–H groups in total. The molecule has 0 saturated heterocycles. The molecule has 0 saturated carbocycles. The Morgan fingerprint density at radius 3 is 2.78 bits per heavy atom. The van der Waals surface area contributed by atoms with Crippen LogP contribution < -0.4 is 5.32 Å². The van der Waals surface area contributed by atoms with Crippen LogP contribution in [-0.4, -0.2) is 10.9 Å². The van der Waals surface area contributed by atoms with E-state index < -0.39 is 17.5 Å². The van der Waals surface area contributed by atoms with Crippen LogP contribution in [0, 0.1) is 11.6 Å². The summed E-state index contributed by atoms with van der Waals surface area (Å²) in [6, 6.07) is 8.05. The molecule has 92 valence electrons. The zero-order valence-electron chi connectivity index (χ0n) is 9.36. The van der Waals surface area contributed by atoms with Gasteiger partial charge in [0.2, 0.25) is 5.91 Å². The fraction of sp³-hybridized carbons (Fsp3) is 0.0769. The van der Waals surface area contributed by atoms with E-state index >= 15 is 0 Å². The highest BCUT2D eigenvalue weighted by molar-refractivity contribution is 5.92. The van der Waals surface area contributed by atoms with Gasteiger partial charge in [-0.3, -0.25) is 9.78 Å². The van der Waals surface area contributed by atoms with Crippen LogP contribution in [0.5, 0.6) is 0 Å². The van der Waals surface area contributed by atoms with Gasteiger partial charge in [0.25, 0.3) is 0 Å². The van der Waals surface area contributed by atoms with Crippen molar-refractivity contribution in [2.75, 3.05) is 5.32 Å². The van der Waals surface area contributed by atoms with E-state index in [1.54, 1.807) is 24.4 Å². The number of anilines is 1. The molecule has 18 heavy (non-hydrogen) atoms. The standard InChI is InChI=1S/C13H10F2N2O/c14-9-4-5-11(15)12(7-9)17-13(18)8-10-3-1-2-6-16-10/h1-7H,8H2,(H,17,18). The van der Waals surface area contributed by atoms with Gasteiger partial charge in [0.1, 0.15) is 11.6 Å². The number of hydrogen-bond acceptors (Lipinski definition) is 2. The summed E-state index contributed by atoms with van der Waals surface area (Å²) < 4.78 is 26.2. The third-order valence-electron chi connectivity index (χ3n) is 2.27. The maximum Gasteiger partial charge on any atom is 0.230 e. The third kappa shape index (κ3) is 3.10. The first-order valence-corrected chi connectivity index (χ1v) is 5.30. The first-order chi connectivity index (χ1) is 8.65. The molecule has 0 bridgehead atoms. The van der Waals surface area contributed by atoms with Crippen molar-refractivity contribution in [2.24, 2.45) is 0 Å². The summed E-state index contributed by atoms with van der Waals surface area (Å²) in [6.45, 7) is 0. The van der Waals surface area contributed by atoms with Gasteiger partial charge in [0, 0.05) is 18.0 Å². The van der Waals surface area contributed by atoms with Gasteiger partial charge < -0.3 is 5.32 Å². The fourth-order valence-corrected chi connectivity index (χ4v) is 1.45. The predicted molar refractivity (Wildman–Crippen MR) is 62.9 cm³/mol. The number of rotatable bonds is 3. The van der Waals surface area contributed by atoms with Crippen LogP contribution in [0.2, 0.25) is 0 Å². The van der Waals surface area contributed by atoms with Gasteiger partial charge in [-0.1, -0.05) is 6.07 Å². The summed E-state index contributed by atoms with van der Waals surface area (Å²) >= 11 is 0. The van der Waals surface area contributed by atoms with E-state index in [0.29, 0.717) is 5.69 Å². The Balaban J connectivity index is 2.05. The van der Waals surface area contributed by atoms with Crippen molar-refractivity contribution in [3.05, 3.63) is 59.9 Å². The van der Waals surface area contributed by atoms with Gasteiger partial charge in [0.05, 0.1) is 12.1 Å². The van der Waals surface area contributed by atoms with E-state index in [-0.39, 0.29) is 12.1 Å². The maximum atomic E-state index is 13.3. The summed E-state index contributed by atoms with van der Waals surface area (Å²) in [5.41, 5.74) is 0.391. The second-order valence-corrected chi connectivity index (χ2v) is 3.67. The molecule has 1 aromatic heterocycles. The molecule has 3 nitrogen and oxygen atoms in total. The summed E-state index contributed by atoms with van der Waals surface area (Å²) in [7, 11) is 0. The Bertz CT molecular complexity index is 558. The van der Waals surface area contributed by atoms with Crippen molar-refractivity contribution < 1.29 is 13.6 Å². The number of carbonyl (C=O) groups excluding carboxylic acids is 1. The van der Waals surface area contributed by atoms with Crippen molar-refractivity contribution in [2.45, 2.75) is 6.42 Å². The van der Waals surface area contributed by atoms with E-state index in [1.165, 1.54) is 0 Å². The molecule has 1 heterocycles. The molecule has 1 aromatic carbocycles. The molecule has 2 rings (SSSR count). The lowest BCUT2D eigenvalue weighted by Crippen LogP contribution is -2.16. The quantitative estimate of drug-likeness (QED) is 0.906. The smallest absolute Gasteiger partial charge is 0.230 e. The minimum absolute atomic E-state index is 0.0107. The number of hydrogen-bond donors (Lipinski definition) is 1. The Morgan fingerprint density at radius 2 is 2.06 bits per heavy atom. The lowest BCUT2D eigenvalue weighted by molar-refractivity contribution is -0.115. The lowest BCUT2D eigenvalue weighted by atomic mass is 10.2. The van der Waals surface area contributed by atoms with Crippen molar-refractivity contribution in [1.29, 1.82) is 0 Å². The van der Waals surface area contributed by atoms with Crippen LogP contribution in [0.15, 0.2) is 42.6 Å². The number of nitrogens with zero attached hydrogens (tertiary/aromatic N) is 1. The van der Waals surface area contributed by atoms with Crippen molar-refractivity contribution in [3.8, 4) is 0 Å². The van der Waals surface area contributed by atoms with E-state index in [9.17, 15) is 13.6 Å². The summed E-state index contributed by atoms with van der Waals surface area (Å²) in [4.78, 5) is 15.6. The van der Waals surface area contributed by atoms with Crippen molar-refractivity contribution in [1.82, 2.24) is 4.98 Å². The molecule has 0 atom stereocenters.